The summed E-state index contributed by atoms with van der Waals surface area (Å²) in [5.74, 6) is -0.812. The summed E-state index contributed by atoms with van der Waals surface area (Å²) in [6.07, 6.45) is -5.74. The molecule has 0 aliphatic carbocycles. The lowest BCUT2D eigenvalue weighted by Gasteiger charge is -2.23. The summed E-state index contributed by atoms with van der Waals surface area (Å²) in [5, 5.41) is 8.86. The minimum absolute atomic E-state index is 0.158. The van der Waals surface area contributed by atoms with Crippen LogP contribution >= 0.6 is 0 Å². The van der Waals surface area contributed by atoms with Crippen LogP contribution in [0.15, 0.2) is 12.1 Å². The van der Waals surface area contributed by atoms with Crippen molar-refractivity contribution in [2.75, 3.05) is 18.6 Å². The smallest absolute Gasteiger partial charge is 0.418 e. The number of hydrogen-bond acceptors (Lipinski definition) is 5. The number of nitrogens with zero attached hydrogens (tertiary/aromatic N) is 2. The monoisotopic (exact) mass is 328 g/mol. The molecule has 0 radical (unpaired) electrons. The minimum atomic E-state index is -4.78. The summed E-state index contributed by atoms with van der Waals surface area (Å²) < 4.78 is 48.9. The second-order valence-electron chi connectivity index (χ2n) is 4.73. The molecule has 0 N–H and O–H groups in total. The van der Waals surface area contributed by atoms with Crippen LogP contribution in [0.5, 0.6) is 0 Å². The second kappa shape index (κ2) is 5.79. The van der Waals surface area contributed by atoms with Gasteiger partial charge in [-0.3, -0.25) is 4.90 Å². The van der Waals surface area contributed by atoms with Crippen LogP contribution < -0.4 is 4.90 Å². The van der Waals surface area contributed by atoms with Crippen molar-refractivity contribution in [1.29, 1.82) is 5.26 Å². The zero-order chi connectivity index (χ0) is 17.4. The van der Waals surface area contributed by atoms with E-state index in [2.05, 4.69) is 4.74 Å². The Bertz CT molecular complexity index is 709. The summed E-state index contributed by atoms with van der Waals surface area (Å²) in [4.78, 5) is 24.3. The molecule has 9 heteroatoms. The van der Waals surface area contributed by atoms with Gasteiger partial charge in [-0.1, -0.05) is 0 Å². The molecule has 122 valence electrons. The zero-order valence-electron chi connectivity index (χ0n) is 12.1. The van der Waals surface area contributed by atoms with Gasteiger partial charge < -0.3 is 9.47 Å². The van der Waals surface area contributed by atoms with Gasteiger partial charge in [-0.2, -0.15) is 18.4 Å². The van der Waals surface area contributed by atoms with Crippen LogP contribution in [-0.4, -0.2) is 31.8 Å². The highest BCUT2D eigenvalue weighted by molar-refractivity contribution is 5.99. The first kappa shape index (κ1) is 16.6. The van der Waals surface area contributed by atoms with E-state index >= 15 is 0 Å². The Kier molecular flexibility index (Phi) is 4.18. The number of anilines is 1. The molecule has 1 heterocycles. The highest BCUT2D eigenvalue weighted by atomic mass is 19.4. The maximum absolute atomic E-state index is 13.2. The molecule has 1 amide bonds. The number of nitriles is 1. The van der Waals surface area contributed by atoms with E-state index in [1.165, 1.54) is 12.1 Å². The fraction of sp³-hybridized carbons (Fsp3) is 0.357. The molecule has 0 saturated carbocycles. The van der Waals surface area contributed by atoms with E-state index in [1.807, 2.05) is 0 Å². The average molecular weight is 328 g/mol. The summed E-state index contributed by atoms with van der Waals surface area (Å²) >= 11 is 0. The maximum Gasteiger partial charge on any atom is 0.418 e. The van der Waals surface area contributed by atoms with Crippen molar-refractivity contribution in [3.8, 4) is 6.07 Å². The molecule has 0 aromatic heterocycles. The topological polar surface area (TPSA) is 79.6 Å². The van der Waals surface area contributed by atoms with Gasteiger partial charge >= 0.3 is 18.2 Å². The standard InChI is InChI=1S/C14H11F3N2O4/c1-7-9(4-3-8(5-18)11(7)14(15,16)17)19-10(12(20)22-2)6-23-13(19)21/h3-4,10H,6H2,1-2H3. The number of carbonyl (C=O) groups excluding carboxylic acids is 2. The number of esters is 1. The first-order chi connectivity index (χ1) is 10.7. The summed E-state index contributed by atoms with van der Waals surface area (Å²) in [6, 6.07) is 2.41. The van der Waals surface area contributed by atoms with Gasteiger partial charge in [-0.25, -0.2) is 9.59 Å². The van der Waals surface area contributed by atoms with E-state index < -0.39 is 35.4 Å². The molecule has 0 spiro atoms. The molecule has 6 nitrogen and oxygen atoms in total. The lowest BCUT2D eigenvalue weighted by Crippen LogP contribution is -2.41. The highest BCUT2D eigenvalue weighted by Gasteiger charge is 2.43. The first-order valence-electron chi connectivity index (χ1n) is 6.37. The van der Waals surface area contributed by atoms with Crippen molar-refractivity contribution in [2.24, 2.45) is 0 Å². The van der Waals surface area contributed by atoms with E-state index in [9.17, 15) is 22.8 Å². The van der Waals surface area contributed by atoms with Crippen molar-refractivity contribution >= 4 is 17.7 Å². The van der Waals surface area contributed by atoms with Crippen molar-refractivity contribution in [3.63, 3.8) is 0 Å². The number of cyclic esters (lactones) is 1. The number of benzene rings is 1. The van der Waals surface area contributed by atoms with Crippen LogP contribution in [0.4, 0.5) is 23.7 Å². The van der Waals surface area contributed by atoms with Crippen molar-refractivity contribution in [2.45, 2.75) is 19.1 Å². The fourth-order valence-corrected chi connectivity index (χ4v) is 2.42. The molecular weight excluding hydrogens is 317 g/mol. The molecule has 1 aliphatic heterocycles. The normalized spacial score (nSPS) is 17.7. The van der Waals surface area contributed by atoms with Gasteiger partial charge in [0, 0.05) is 0 Å². The molecule has 1 aromatic rings. The van der Waals surface area contributed by atoms with Crippen molar-refractivity contribution in [3.05, 3.63) is 28.8 Å². The fourth-order valence-electron chi connectivity index (χ4n) is 2.42. The molecule has 23 heavy (non-hydrogen) atoms. The van der Waals surface area contributed by atoms with Crippen LogP contribution in [0.2, 0.25) is 0 Å². The van der Waals surface area contributed by atoms with E-state index in [0.717, 1.165) is 25.0 Å². The first-order valence-corrected chi connectivity index (χ1v) is 6.37. The van der Waals surface area contributed by atoms with E-state index in [1.54, 1.807) is 0 Å². The van der Waals surface area contributed by atoms with Crippen LogP contribution in [0, 0.1) is 18.3 Å². The van der Waals surface area contributed by atoms with Gasteiger partial charge in [0.15, 0.2) is 6.04 Å². The van der Waals surface area contributed by atoms with Gasteiger partial charge in [0.1, 0.15) is 6.61 Å². The second-order valence-corrected chi connectivity index (χ2v) is 4.73. The Morgan fingerprint density at radius 1 is 1.48 bits per heavy atom. The van der Waals surface area contributed by atoms with Gasteiger partial charge in [0.05, 0.1) is 30.0 Å². The number of ether oxygens (including phenoxy) is 2. The average Bonchev–Trinajstić information content (AvgIpc) is 2.86. The van der Waals surface area contributed by atoms with E-state index in [-0.39, 0.29) is 17.9 Å². The number of halogens is 3. The SMILES string of the molecule is COC(=O)C1COC(=O)N1c1ccc(C#N)c(C(F)(F)F)c1C. The van der Waals surface area contributed by atoms with Crippen LogP contribution in [0.3, 0.4) is 0 Å². The quantitative estimate of drug-likeness (QED) is 0.779. The molecule has 1 fully saturated rings. The van der Waals surface area contributed by atoms with Crippen molar-refractivity contribution in [1.82, 2.24) is 0 Å². The Morgan fingerprint density at radius 3 is 2.65 bits per heavy atom. The minimum Gasteiger partial charge on any atom is -0.467 e. The van der Waals surface area contributed by atoms with Gasteiger partial charge in [-0.05, 0) is 24.6 Å². The van der Waals surface area contributed by atoms with Crippen LogP contribution in [0.1, 0.15) is 16.7 Å². The summed E-state index contributed by atoms with van der Waals surface area (Å²) in [5.41, 5.74) is -2.22. The third kappa shape index (κ3) is 2.79. The maximum atomic E-state index is 13.2. The Balaban J connectivity index is 2.62. The van der Waals surface area contributed by atoms with Gasteiger partial charge in [-0.15, -0.1) is 0 Å². The number of hydrogen-bond donors (Lipinski definition) is 0. The summed E-state index contributed by atoms with van der Waals surface area (Å²) in [6.45, 7) is 0.797. The molecule has 2 rings (SSSR count). The van der Waals surface area contributed by atoms with E-state index in [0.29, 0.717) is 0 Å². The highest BCUT2D eigenvalue weighted by Crippen LogP contribution is 2.39. The molecular formula is C14H11F3N2O4. The molecule has 1 aliphatic rings. The zero-order valence-corrected chi connectivity index (χ0v) is 12.1. The number of alkyl halides is 3. The Morgan fingerprint density at radius 2 is 2.13 bits per heavy atom. The van der Waals surface area contributed by atoms with Gasteiger partial charge in [0.2, 0.25) is 0 Å². The number of carbonyl (C=O) groups is 2. The van der Waals surface area contributed by atoms with Crippen LogP contribution in [-0.2, 0) is 20.4 Å². The third-order valence-electron chi connectivity index (χ3n) is 3.45. The lowest BCUT2D eigenvalue weighted by molar-refractivity contribution is -0.142. The van der Waals surface area contributed by atoms with Crippen molar-refractivity contribution < 1.29 is 32.2 Å². The Hall–Kier alpha value is -2.76. The van der Waals surface area contributed by atoms with E-state index in [4.69, 9.17) is 10.00 Å². The lowest BCUT2D eigenvalue weighted by atomic mass is 9.99. The predicted octanol–water partition coefficient (Wildman–Crippen LogP) is 2.38. The summed E-state index contributed by atoms with van der Waals surface area (Å²) in [7, 11) is 1.09. The Labute approximate surface area is 129 Å². The number of methoxy groups -OCH3 is 1. The molecule has 0 bridgehead atoms. The largest absolute Gasteiger partial charge is 0.467 e. The molecule has 1 atom stereocenters. The molecule has 1 unspecified atom stereocenters. The molecule has 1 aromatic carbocycles. The van der Waals surface area contributed by atoms with Crippen LogP contribution in [0.25, 0.3) is 0 Å². The van der Waals surface area contributed by atoms with Gasteiger partial charge in [0.25, 0.3) is 0 Å². The predicted molar refractivity (Wildman–Crippen MR) is 70.5 cm³/mol. The third-order valence-corrected chi connectivity index (χ3v) is 3.45. The number of amides is 1. The number of rotatable bonds is 2. The molecule has 1 saturated heterocycles.